The van der Waals surface area contributed by atoms with Crippen LogP contribution in [-0.4, -0.2) is 13.6 Å². The molecule has 23 heavy (non-hydrogen) atoms. The van der Waals surface area contributed by atoms with Crippen LogP contribution in [-0.2, 0) is 5.75 Å². The van der Waals surface area contributed by atoms with Crippen molar-refractivity contribution in [3.05, 3.63) is 63.6 Å². The minimum Gasteiger partial charge on any atom is -0.319 e. The van der Waals surface area contributed by atoms with Crippen LogP contribution in [0.5, 0.6) is 0 Å². The van der Waals surface area contributed by atoms with Crippen LogP contribution in [0.25, 0.3) is 0 Å². The van der Waals surface area contributed by atoms with Crippen molar-refractivity contribution in [1.29, 1.82) is 0 Å². The molecule has 1 nitrogen and oxygen atoms in total. The zero-order valence-corrected chi connectivity index (χ0v) is 16.1. The molecule has 0 saturated carbocycles. The Labute approximate surface area is 153 Å². The van der Waals surface area contributed by atoms with E-state index in [4.69, 9.17) is 23.2 Å². The molecule has 0 aliphatic carbocycles. The van der Waals surface area contributed by atoms with Gasteiger partial charge >= 0.3 is 0 Å². The Bertz CT molecular complexity index is 628. The van der Waals surface area contributed by atoms with Gasteiger partial charge in [-0.15, -0.1) is 11.8 Å². The molecule has 2 aromatic carbocycles. The molecule has 124 valence electrons. The van der Waals surface area contributed by atoms with Gasteiger partial charge in [-0.1, -0.05) is 55.2 Å². The summed E-state index contributed by atoms with van der Waals surface area (Å²) in [5.41, 5.74) is 2.50. The van der Waals surface area contributed by atoms with Gasteiger partial charge in [-0.05, 0) is 60.8 Å². The van der Waals surface area contributed by atoms with Crippen molar-refractivity contribution in [3.63, 3.8) is 0 Å². The average Bonchev–Trinajstić information content (AvgIpc) is 2.54. The van der Waals surface area contributed by atoms with E-state index < -0.39 is 0 Å². The van der Waals surface area contributed by atoms with Crippen molar-refractivity contribution in [2.45, 2.75) is 30.4 Å². The number of benzene rings is 2. The largest absolute Gasteiger partial charge is 0.319 e. The lowest BCUT2D eigenvalue weighted by molar-refractivity contribution is 0.466. The predicted octanol–water partition coefficient (Wildman–Crippen LogP) is 6.24. The Morgan fingerprint density at radius 3 is 2.35 bits per heavy atom. The minimum absolute atomic E-state index is 0.548. The van der Waals surface area contributed by atoms with E-state index in [-0.39, 0.29) is 0 Å². The molecule has 0 aliphatic rings. The van der Waals surface area contributed by atoms with Crippen molar-refractivity contribution in [3.8, 4) is 0 Å². The summed E-state index contributed by atoms with van der Waals surface area (Å²) in [5.74, 6) is 2.01. The van der Waals surface area contributed by atoms with E-state index in [0.29, 0.717) is 16.9 Å². The van der Waals surface area contributed by atoms with Crippen LogP contribution in [0.3, 0.4) is 0 Å². The fraction of sp³-hybridized carbons (Fsp3) is 0.368. The van der Waals surface area contributed by atoms with Crippen LogP contribution in [0.1, 0.15) is 30.9 Å². The standard InChI is InChI=1S/C19H23Cl2NS/c1-13(11-22-3)14(2)15-5-8-18(9-6-15)23-12-16-4-7-17(20)10-19(16)21/h4-10,13-14,22H,11-12H2,1-3H3. The van der Waals surface area contributed by atoms with Crippen LogP contribution in [0, 0.1) is 5.92 Å². The van der Waals surface area contributed by atoms with Crippen molar-refractivity contribution < 1.29 is 0 Å². The van der Waals surface area contributed by atoms with Gasteiger partial charge in [0, 0.05) is 20.7 Å². The third-order valence-electron chi connectivity index (χ3n) is 4.19. The molecule has 2 rings (SSSR count). The molecule has 1 N–H and O–H groups in total. The van der Waals surface area contributed by atoms with Gasteiger partial charge in [0.05, 0.1) is 0 Å². The van der Waals surface area contributed by atoms with E-state index in [9.17, 15) is 0 Å². The SMILES string of the molecule is CNCC(C)C(C)c1ccc(SCc2ccc(Cl)cc2Cl)cc1. The summed E-state index contributed by atoms with van der Waals surface area (Å²) < 4.78 is 0. The lowest BCUT2D eigenvalue weighted by Crippen LogP contribution is -2.20. The molecule has 0 radical (unpaired) electrons. The molecule has 0 spiro atoms. The number of hydrogen-bond acceptors (Lipinski definition) is 2. The smallest absolute Gasteiger partial charge is 0.0461 e. The Morgan fingerprint density at radius 1 is 1.04 bits per heavy atom. The van der Waals surface area contributed by atoms with Crippen molar-refractivity contribution >= 4 is 35.0 Å². The molecule has 2 aromatic rings. The van der Waals surface area contributed by atoms with Crippen molar-refractivity contribution in [2.75, 3.05) is 13.6 Å². The molecule has 0 saturated heterocycles. The highest BCUT2D eigenvalue weighted by atomic mass is 35.5. The Kier molecular flexibility index (Phi) is 7.29. The second kappa shape index (κ2) is 8.98. The van der Waals surface area contributed by atoms with Crippen LogP contribution >= 0.6 is 35.0 Å². The van der Waals surface area contributed by atoms with Gasteiger partial charge < -0.3 is 5.32 Å². The summed E-state index contributed by atoms with van der Waals surface area (Å²) >= 11 is 13.9. The molecular formula is C19H23Cl2NS. The fourth-order valence-corrected chi connectivity index (χ4v) is 3.95. The van der Waals surface area contributed by atoms with E-state index in [0.717, 1.165) is 22.9 Å². The summed E-state index contributed by atoms with van der Waals surface area (Å²) in [6.45, 7) is 5.61. The summed E-state index contributed by atoms with van der Waals surface area (Å²) in [6.07, 6.45) is 0. The highest BCUT2D eigenvalue weighted by Crippen LogP contribution is 2.30. The third kappa shape index (κ3) is 5.42. The summed E-state index contributed by atoms with van der Waals surface area (Å²) in [5, 5.41) is 4.66. The van der Waals surface area contributed by atoms with Gasteiger partial charge in [0.15, 0.2) is 0 Å². The highest BCUT2D eigenvalue weighted by Gasteiger charge is 2.13. The highest BCUT2D eigenvalue weighted by molar-refractivity contribution is 7.98. The van der Waals surface area contributed by atoms with E-state index >= 15 is 0 Å². The number of halogens is 2. The molecule has 0 heterocycles. The van der Waals surface area contributed by atoms with Crippen molar-refractivity contribution in [1.82, 2.24) is 5.32 Å². The van der Waals surface area contributed by atoms with Crippen LogP contribution in [0.2, 0.25) is 10.0 Å². The van der Waals surface area contributed by atoms with E-state index in [1.807, 2.05) is 19.2 Å². The first-order valence-corrected chi connectivity index (χ1v) is 9.56. The third-order valence-corrected chi connectivity index (χ3v) is 5.84. The topological polar surface area (TPSA) is 12.0 Å². The van der Waals surface area contributed by atoms with Crippen LogP contribution < -0.4 is 5.32 Å². The number of thioether (sulfide) groups is 1. The van der Waals surface area contributed by atoms with E-state index in [1.54, 1.807) is 17.8 Å². The molecule has 2 unspecified atom stereocenters. The maximum Gasteiger partial charge on any atom is 0.0461 e. The van der Waals surface area contributed by atoms with Gasteiger partial charge in [-0.25, -0.2) is 0 Å². The molecule has 0 amide bonds. The normalized spacial score (nSPS) is 13.8. The first-order valence-electron chi connectivity index (χ1n) is 7.82. The average molecular weight is 368 g/mol. The molecule has 0 fully saturated rings. The molecule has 4 heteroatoms. The zero-order valence-electron chi connectivity index (χ0n) is 13.8. The van der Waals surface area contributed by atoms with Gasteiger partial charge in [0.1, 0.15) is 0 Å². The quantitative estimate of drug-likeness (QED) is 0.580. The first-order chi connectivity index (χ1) is 11.0. The number of rotatable bonds is 7. The molecule has 0 bridgehead atoms. The Balaban J connectivity index is 1.97. The minimum atomic E-state index is 0.548. The van der Waals surface area contributed by atoms with Crippen molar-refractivity contribution in [2.24, 2.45) is 5.92 Å². The molecule has 0 aromatic heterocycles. The van der Waals surface area contributed by atoms with Gasteiger partial charge in [-0.3, -0.25) is 0 Å². The van der Waals surface area contributed by atoms with E-state index in [2.05, 4.69) is 43.4 Å². The molecular weight excluding hydrogens is 345 g/mol. The lowest BCUT2D eigenvalue weighted by Gasteiger charge is -2.20. The van der Waals surface area contributed by atoms with Gasteiger partial charge in [0.25, 0.3) is 0 Å². The maximum atomic E-state index is 6.22. The first kappa shape index (κ1) is 18.7. The van der Waals surface area contributed by atoms with E-state index in [1.165, 1.54) is 10.5 Å². The summed E-state index contributed by atoms with van der Waals surface area (Å²) in [7, 11) is 2.00. The molecule has 0 aliphatic heterocycles. The maximum absolute atomic E-state index is 6.22. The van der Waals surface area contributed by atoms with Gasteiger partial charge in [-0.2, -0.15) is 0 Å². The Morgan fingerprint density at radius 2 is 1.74 bits per heavy atom. The lowest BCUT2D eigenvalue weighted by atomic mass is 9.89. The zero-order chi connectivity index (χ0) is 16.8. The summed E-state index contributed by atoms with van der Waals surface area (Å²) in [6, 6.07) is 14.6. The predicted molar refractivity (Wildman–Crippen MR) is 104 cm³/mol. The second-order valence-corrected chi connectivity index (χ2v) is 7.81. The van der Waals surface area contributed by atoms with Crippen LogP contribution in [0.15, 0.2) is 47.4 Å². The van der Waals surface area contributed by atoms with Gasteiger partial charge in [0.2, 0.25) is 0 Å². The summed E-state index contributed by atoms with van der Waals surface area (Å²) in [4.78, 5) is 1.26. The Hall–Kier alpha value is -0.670. The second-order valence-electron chi connectivity index (χ2n) is 5.92. The monoisotopic (exact) mass is 367 g/mol. The van der Waals surface area contributed by atoms with Crippen LogP contribution in [0.4, 0.5) is 0 Å². The number of hydrogen-bond donors (Lipinski definition) is 1. The number of nitrogens with one attached hydrogen (secondary N) is 1. The fourth-order valence-electron chi connectivity index (χ4n) is 2.49. The molecule has 2 atom stereocenters.